The Labute approximate surface area is 88.7 Å². The molecule has 1 atom stereocenters. The van der Waals surface area contributed by atoms with E-state index in [0.717, 1.165) is 24.2 Å². The quantitative estimate of drug-likeness (QED) is 0.765. The molecule has 15 heavy (non-hydrogen) atoms. The monoisotopic (exact) mass is 199 g/mol. The molecule has 2 nitrogen and oxygen atoms in total. The predicted octanol–water partition coefficient (Wildman–Crippen LogP) is 2.37. The van der Waals surface area contributed by atoms with Gasteiger partial charge in [0.25, 0.3) is 0 Å². The van der Waals surface area contributed by atoms with E-state index in [-0.39, 0.29) is 0 Å². The van der Waals surface area contributed by atoms with Crippen LogP contribution in [0.2, 0.25) is 0 Å². The van der Waals surface area contributed by atoms with Gasteiger partial charge in [0.05, 0.1) is 6.26 Å². The lowest BCUT2D eigenvalue weighted by Crippen LogP contribution is -2.18. The summed E-state index contributed by atoms with van der Waals surface area (Å²) in [5, 5.41) is 0. The zero-order chi connectivity index (χ0) is 10.3. The van der Waals surface area contributed by atoms with Gasteiger partial charge in [0.2, 0.25) is 0 Å². The minimum atomic E-state index is 0.298. The predicted molar refractivity (Wildman–Crippen MR) is 59.5 cm³/mol. The highest BCUT2D eigenvalue weighted by Gasteiger charge is 2.18. The summed E-state index contributed by atoms with van der Waals surface area (Å²) in [6, 6.07) is 10.7. The number of benzene rings is 1. The summed E-state index contributed by atoms with van der Waals surface area (Å²) in [6.45, 7) is 0. The molecule has 1 aliphatic rings. The summed E-state index contributed by atoms with van der Waals surface area (Å²) < 4.78 is 5.37. The summed E-state index contributed by atoms with van der Waals surface area (Å²) in [5.74, 6) is 0.929. The number of rotatable bonds is 1. The maximum absolute atomic E-state index is 5.93. The molecule has 0 radical (unpaired) electrons. The zero-order valence-electron chi connectivity index (χ0n) is 8.44. The molecule has 1 aliphatic carbocycles. The molecule has 1 aromatic carbocycles. The highest BCUT2D eigenvalue weighted by atomic mass is 16.3. The Morgan fingerprint density at radius 1 is 1.13 bits per heavy atom. The summed E-state index contributed by atoms with van der Waals surface area (Å²) >= 11 is 0. The van der Waals surface area contributed by atoms with Gasteiger partial charge < -0.3 is 10.2 Å². The van der Waals surface area contributed by atoms with Gasteiger partial charge in [-0.15, -0.1) is 0 Å². The Bertz CT molecular complexity index is 473. The lowest BCUT2D eigenvalue weighted by Gasteiger charge is -2.01. The molecule has 3 rings (SSSR count). The van der Waals surface area contributed by atoms with Crippen LogP contribution in [-0.4, -0.2) is 6.04 Å². The van der Waals surface area contributed by atoms with Crippen LogP contribution < -0.4 is 5.73 Å². The molecule has 0 spiro atoms. The van der Waals surface area contributed by atoms with Crippen LogP contribution in [0.5, 0.6) is 0 Å². The van der Waals surface area contributed by atoms with E-state index in [2.05, 4.69) is 18.2 Å². The first kappa shape index (κ1) is 8.74. The molecule has 1 heterocycles. The van der Waals surface area contributed by atoms with Crippen molar-refractivity contribution in [3.05, 3.63) is 47.7 Å². The third-order valence-corrected chi connectivity index (χ3v) is 2.98. The third kappa shape index (κ3) is 1.47. The van der Waals surface area contributed by atoms with Gasteiger partial charge in [0.15, 0.2) is 0 Å². The van der Waals surface area contributed by atoms with Crippen molar-refractivity contribution in [3.63, 3.8) is 0 Å². The fourth-order valence-electron chi connectivity index (χ4n) is 2.25. The number of fused-ring (bicyclic) bond motifs is 1. The number of hydrogen-bond acceptors (Lipinski definition) is 2. The van der Waals surface area contributed by atoms with Crippen LogP contribution in [0.4, 0.5) is 0 Å². The molecule has 2 N–H and O–H groups in total. The van der Waals surface area contributed by atoms with Crippen molar-refractivity contribution in [2.24, 2.45) is 5.73 Å². The topological polar surface area (TPSA) is 39.2 Å². The van der Waals surface area contributed by atoms with Crippen molar-refractivity contribution in [2.45, 2.75) is 18.9 Å². The summed E-state index contributed by atoms with van der Waals surface area (Å²) in [6.07, 6.45) is 3.70. The largest absolute Gasteiger partial charge is 0.464 e. The molecule has 0 fully saturated rings. The van der Waals surface area contributed by atoms with Gasteiger partial charge in [-0.3, -0.25) is 0 Å². The second kappa shape index (κ2) is 3.24. The first-order chi connectivity index (χ1) is 7.33. The molecule has 0 amide bonds. The summed E-state index contributed by atoms with van der Waals surface area (Å²) in [5.41, 5.74) is 9.84. The molecule has 2 aromatic rings. The summed E-state index contributed by atoms with van der Waals surface area (Å²) in [7, 11) is 0. The van der Waals surface area contributed by atoms with Crippen molar-refractivity contribution in [1.82, 2.24) is 0 Å². The standard InChI is InChI=1S/C13H13NO/c14-12-7-9-3-4-10(6-11(9)8-12)13-2-1-5-15-13/h1-6,12H,7-8,14H2. The molecule has 0 bridgehead atoms. The second-order valence-electron chi connectivity index (χ2n) is 4.13. The molecule has 0 saturated carbocycles. The molecule has 1 unspecified atom stereocenters. The van der Waals surface area contributed by atoms with Gasteiger partial charge in [-0.1, -0.05) is 12.1 Å². The summed E-state index contributed by atoms with van der Waals surface area (Å²) in [4.78, 5) is 0. The van der Waals surface area contributed by atoms with Gasteiger partial charge in [-0.25, -0.2) is 0 Å². The maximum Gasteiger partial charge on any atom is 0.133 e. The van der Waals surface area contributed by atoms with Gasteiger partial charge >= 0.3 is 0 Å². The van der Waals surface area contributed by atoms with Crippen molar-refractivity contribution >= 4 is 0 Å². The lowest BCUT2D eigenvalue weighted by molar-refractivity contribution is 0.582. The van der Waals surface area contributed by atoms with Crippen molar-refractivity contribution in [2.75, 3.05) is 0 Å². The van der Waals surface area contributed by atoms with Crippen LogP contribution >= 0.6 is 0 Å². The van der Waals surface area contributed by atoms with E-state index < -0.39 is 0 Å². The molecule has 0 aliphatic heterocycles. The molecule has 2 heteroatoms. The van der Waals surface area contributed by atoms with E-state index in [0.29, 0.717) is 6.04 Å². The van der Waals surface area contributed by atoms with Crippen molar-refractivity contribution < 1.29 is 4.42 Å². The van der Waals surface area contributed by atoms with Crippen LogP contribution in [0, 0.1) is 0 Å². The van der Waals surface area contributed by atoms with Crippen LogP contribution in [0.1, 0.15) is 11.1 Å². The van der Waals surface area contributed by atoms with Crippen LogP contribution in [0.25, 0.3) is 11.3 Å². The van der Waals surface area contributed by atoms with E-state index >= 15 is 0 Å². The minimum absolute atomic E-state index is 0.298. The molecule has 1 aromatic heterocycles. The van der Waals surface area contributed by atoms with Crippen molar-refractivity contribution in [3.8, 4) is 11.3 Å². The Morgan fingerprint density at radius 3 is 2.80 bits per heavy atom. The number of nitrogens with two attached hydrogens (primary N) is 1. The maximum atomic E-state index is 5.93. The second-order valence-corrected chi connectivity index (χ2v) is 4.13. The van der Waals surface area contributed by atoms with Gasteiger partial charge in [0, 0.05) is 11.6 Å². The number of hydrogen-bond donors (Lipinski definition) is 1. The smallest absolute Gasteiger partial charge is 0.133 e. The molecule has 0 saturated heterocycles. The third-order valence-electron chi connectivity index (χ3n) is 2.98. The Morgan fingerprint density at radius 2 is 2.00 bits per heavy atom. The van der Waals surface area contributed by atoms with Gasteiger partial charge in [-0.05, 0) is 42.2 Å². The fraction of sp³-hybridized carbons (Fsp3) is 0.231. The minimum Gasteiger partial charge on any atom is -0.464 e. The zero-order valence-corrected chi connectivity index (χ0v) is 8.44. The van der Waals surface area contributed by atoms with Gasteiger partial charge in [-0.2, -0.15) is 0 Å². The van der Waals surface area contributed by atoms with Crippen LogP contribution in [0.15, 0.2) is 41.0 Å². The first-order valence-electron chi connectivity index (χ1n) is 5.24. The highest BCUT2D eigenvalue weighted by Crippen LogP contribution is 2.27. The lowest BCUT2D eigenvalue weighted by atomic mass is 10.1. The first-order valence-corrected chi connectivity index (χ1v) is 5.24. The Kier molecular flexibility index (Phi) is 1.89. The molecular formula is C13H13NO. The molecule has 76 valence electrons. The van der Waals surface area contributed by atoms with E-state index in [1.165, 1.54) is 11.1 Å². The SMILES string of the molecule is NC1Cc2ccc(-c3ccco3)cc2C1. The Balaban J connectivity index is 2.04. The van der Waals surface area contributed by atoms with E-state index in [9.17, 15) is 0 Å². The van der Waals surface area contributed by atoms with E-state index in [1.807, 2.05) is 12.1 Å². The Hall–Kier alpha value is -1.54. The van der Waals surface area contributed by atoms with Crippen LogP contribution in [-0.2, 0) is 12.8 Å². The van der Waals surface area contributed by atoms with E-state index in [1.54, 1.807) is 6.26 Å². The van der Waals surface area contributed by atoms with E-state index in [4.69, 9.17) is 10.2 Å². The average molecular weight is 199 g/mol. The van der Waals surface area contributed by atoms with Gasteiger partial charge in [0.1, 0.15) is 5.76 Å². The fourth-order valence-corrected chi connectivity index (χ4v) is 2.25. The van der Waals surface area contributed by atoms with Crippen molar-refractivity contribution in [1.29, 1.82) is 0 Å². The number of furan rings is 1. The normalized spacial score (nSPS) is 19.1. The molecular weight excluding hydrogens is 186 g/mol. The highest BCUT2D eigenvalue weighted by molar-refractivity contribution is 5.60. The average Bonchev–Trinajstić information content (AvgIpc) is 2.82. The van der Waals surface area contributed by atoms with Crippen LogP contribution in [0.3, 0.4) is 0 Å².